The second-order valence-corrected chi connectivity index (χ2v) is 7.02. The largest absolute Gasteiger partial charge is 0.355 e. The van der Waals surface area contributed by atoms with Crippen molar-refractivity contribution in [2.75, 3.05) is 11.9 Å². The average Bonchev–Trinajstić information content (AvgIpc) is 3.22. The number of fused-ring (bicyclic) bond motifs is 1. The van der Waals surface area contributed by atoms with Gasteiger partial charge in [-0.15, -0.1) is 0 Å². The number of rotatable bonds is 7. The van der Waals surface area contributed by atoms with Gasteiger partial charge in [0.15, 0.2) is 0 Å². The number of carbonyl (C=O) groups excluding carboxylic acids is 2. The zero-order valence-corrected chi connectivity index (χ0v) is 15.5. The van der Waals surface area contributed by atoms with Crippen molar-refractivity contribution >= 4 is 35.1 Å². The van der Waals surface area contributed by atoms with Gasteiger partial charge in [-0.05, 0) is 12.5 Å². The summed E-state index contributed by atoms with van der Waals surface area (Å²) in [6.45, 7) is 2.54. The van der Waals surface area contributed by atoms with Crippen molar-refractivity contribution in [2.24, 2.45) is 0 Å². The topological polar surface area (TPSA) is 119 Å². The minimum Gasteiger partial charge on any atom is -0.355 e. The van der Waals surface area contributed by atoms with E-state index < -0.39 is 10.8 Å². The van der Waals surface area contributed by atoms with Crippen LogP contribution in [0.25, 0.3) is 0 Å². The third kappa shape index (κ3) is 4.27. The standard InChI is InChI=1S/C17H19N5O4S/c1-2-6-18-15(23)8-21-16(13-9-27-10-14(13)20-21)19-17(24)11-4-3-5-12(7-11)22(25)26/h3-5,7H,2,6,8-10H2,1H3,(H,18,23)(H,19,24). The molecule has 0 saturated carbocycles. The molecule has 10 heteroatoms. The van der Waals surface area contributed by atoms with E-state index in [1.807, 2.05) is 6.92 Å². The Morgan fingerprint density at radius 3 is 2.93 bits per heavy atom. The highest BCUT2D eigenvalue weighted by atomic mass is 32.2. The molecule has 2 N–H and O–H groups in total. The molecule has 1 aromatic carbocycles. The van der Waals surface area contributed by atoms with Crippen molar-refractivity contribution in [3.8, 4) is 0 Å². The molecule has 1 aliphatic heterocycles. The maximum atomic E-state index is 12.6. The maximum absolute atomic E-state index is 12.6. The van der Waals surface area contributed by atoms with Gasteiger partial charge in [0.25, 0.3) is 11.6 Å². The Morgan fingerprint density at radius 1 is 1.37 bits per heavy atom. The predicted octanol–water partition coefficient (Wildman–Crippen LogP) is 2.32. The Bertz CT molecular complexity index is 895. The first kappa shape index (κ1) is 18.9. The van der Waals surface area contributed by atoms with Crippen LogP contribution < -0.4 is 10.6 Å². The molecule has 0 fully saturated rings. The number of nitrogens with zero attached hydrogens (tertiary/aromatic N) is 3. The van der Waals surface area contributed by atoms with Gasteiger partial charge in [0, 0.05) is 41.3 Å². The molecular formula is C17H19N5O4S. The zero-order chi connectivity index (χ0) is 19.4. The van der Waals surface area contributed by atoms with Gasteiger partial charge in [0.05, 0.1) is 10.6 Å². The molecule has 0 radical (unpaired) electrons. The Balaban J connectivity index is 1.83. The van der Waals surface area contributed by atoms with E-state index in [4.69, 9.17) is 0 Å². The molecule has 0 bridgehead atoms. The van der Waals surface area contributed by atoms with Crippen molar-refractivity contribution in [2.45, 2.75) is 31.4 Å². The number of non-ortho nitro benzene ring substituents is 1. The molecule has 0 saturated heterocycles. The molecule has 0 aliphatic carbocycles. The van der Waals surface area contributed by atoms with E-state index >= 15 is 0 Å². The number of hydrogen-bond donors (Lipinski definition) is 2. The molecular weight excluding hydrogens is 370 g/mol. The van der Waals surface area contributed by atoms with Crippen molar-refractivity contribution in [1.82, 2.24) is 15.1 Å². The van der Waals surface area contributed by atoms with Gasteiger partial charge < -0.3 is 10.6 Å². The van der Waals surface area contributed by atoms with Gasteiger partial charge in [-0.1, -0.05) is 13.0 Å². The molecule has 2 aromatic rings. The minimum atomic E-state index is -0.548. The Hall–Kier alpha value is -2.88. The van der Waals surface area contributed by atoms with E-state index in [1.54, 1.807) is 11.8 Å². The zero-order valence-electron chi connectivity index (χ0n) is 14.7. The van der Waals surface area contributed by atoms with Crippen LogP contribution in [0, 0.1) is 10.1 Å². The van der Waals surface area contributed by atoms with Crippen LogP contribution in [0.2, 0.25) is 0 Å². The lowest BCUT2D eigenvalue weighted by Gasteiger charge is -2.11. The monoisotopic (exact) mass is 389 g/mol. The summed E-state index contributed by atoms with van der Waals surface area (Å²) in [7, 11) is 0. The second kappa shape index (κ2) is 8.21. The van der Waals surface area contributed by atoms with Crippen LogP contribution in [0.3, 0.4) is 0 Å². The number of carbonyl (C=O) groups is 2. The average molecular weight is 389 g/mol. The van der Waals surface area contributed by atoms with Crippen LogP contribution >= 0.6 is 11.8 Å². The molecule has 142 valence electrons. The molecule has 0 unspecified atom stereocenters. The quantitative estimate of drug-likeness (QED) is 0.554. The number of anilines is 1. The lowest BCUT2D eigenvalue weighted by Crippen LogP contribution is -2.29. The van der Waals surface area contributed by atoms with Gasteiger partial charge in [0.2, 0.25) is 5.91 Å². The third-order valence-corrected chi connectivity index (χ3v) is 5.01. The Morgan fingerprint density at radius 2 is 2.19 bits per heavy atom. The summed E-state index contributed by atoms with van der Waals surface area (Å²) in [6.07, 6.45) is 0.828. The van der Waals surface area contributed by atoms with Crippen molar-refractivity contribution in [3.05, 3.63) is 51.2 Å². The molecule has 2 heterocycles. The second-order valence-electron chi connectivity index (χ2n) is 6.04. The molecule has 1 aliphatic rings. The van der Waals surface area contributed by atoms with Gasteiger partial charge in [-0.3, -0.25) is 19.7 Å². The van der Waals surface area contributed by atoms with E-state index in [0.717, 1.165) is 23.4 Å². The molecule has 0 atom stereocenters. The normalized spacial score (nSPS) is 12.5. The maximum Gasteiger partial charge on any atom is 0.270 e. The Labute approximate surface area is 159 Å². The van der Waals surface area contributed by atoms with Crippen LogP contribution in [-0.4, -0.2) is 33.1 Å². The number of aromatic nitrogens is 2. The van der Waals surface area contributed by atoms with Gasteiger partial charge in [0.1, 0.15) is 12.4 Å². The minimum absolute atomic E-state index is 0.00220. The Kier molecular flexibility index (Phi) is 5.75. The highest BCUT2D eigenvalue weighted by Crippen LogP contribution is 2.35. The third-order valence-electron chi connectivity index (χ3n) is 4.04. The number of hydrogen-bond acceptors (Lipinski definition) is 6. The summed E-state index contributed by atoms with van der Waals surface area (Å²) in [4.78, 5) is 35.0. The van der Waals surface area contributed by atoms with Gasteiger partial charge >= 0.3 is 0 Å². The lowest BCUT2D eigenvalue weighted by atomic mass is 10.2. The predicted molar refractivity (Wildman–Crippen MR) is 102 cm³/mol. The molecule has 1 aromatic heterocycles. The van der Waals surface area contributed by atoms with Crippen molar-refractivity contribution in [1.29, 1.82) is 0 Å². The number of nitro groups is 1. The van der Waals surface area contributed by atoms with Crippen LogP contribution in [0.5, 0.6) is 0 Å². The molecule has 3 rings (SSSR count). The smallest absolute Gasteiger partial charge is 0.270 e. The number of thioether (sulfide) groups is 1. The van der Waals surface area contributed by atoms with Crippen LogP contribution in [-0.2, 0) is 22.8 Å². The molecule has 27 heavy (non-hydrogen) atoms. The summed E-state index contributed by atoms with van der Waals surface area (Å²) < 4.78 is 1.49. The van der Waals surface area contributed by atoms with Crippen LogP contribution in [0.15, 0.2) is 24.3 Å². The highest BCUT2D eigenvalue weighted by Gasteiger charge is 2.25. The summed E-state index contributed by atoms with van der Waals surface area (Å²) in [5.41, 5.74) is 1.75. The summed E-state index contributed by atoms with van der Waals surface area (Å²) in [6, 6.07) is 5.52. The van der Waals surface area contributed by atoms with E-state index in [9.17, 15) is 19.7 Å². The first-order chi connectivity index (χ1) is 13.0. The molecule has 2 amide bonds. The fourth-order valence-electron chi connectivity index (χ4n) is 2.72. The van der Waals surface area contributed by atoms with E-state index in [-0.39, 0.29) is 23.7 Å². The van der Waals surface area contributed by atoms with Crippen LogP contribution in [0.4, 0.5) is 11.5 Å². The first-order valence-corrected chi connectivity index (χ1v) is 9.64. The van der Waals surface area contributed by atoms with Gasteiger partial charge in [-0.2, -0.15) is 16.9 Å². The fraction of sp³-hybridized carbons (Fsp3) is 0.353. The summed E-state index contributed by atoms with van der Waals surface area (Å²) >= 11 is 1.68. The number of benzene rings is 1. The first-order valence-electron chi connectivity index (χ1n) is 8.48. The number of nitrogens with one attached hydrogen (secondary N) is 2. The fourth-order valence-corrected chi connectivity index (χ4v) is 3.75. The highest BCUT2D eigenvalue weighted by molar-refractivity contribution is 7.98. The lowest BCUT2D eigenvalue weighted by molar-refractivity contribution is -0.384. The number of amides is 2. The van der Waals surface area contributed by atoms with E-state index in [1.165, 1.54) is 28.9 Å². The summed E-state index contributed by atoms with van der Waals surface area (Å²) in [5.74, 6) is 1.22. The van der Waals surface area contributed by atoms with Crippen molar-refractivity contribution in [3.63, 3.8) is 0 Å². The van der Waals surface area contributed by atoms with E-state index in [0.29, 0.717) is 18.1 Å². The van der Waals surface area contributed by atoms with Crippen molar-refractivity contribution < 1.29 is 14.5 Å². The molecule has 0 spiro atoms. The van der Waals surface area contributed by atoms with Crippen LogP contribution in [0.1, 0.15) is 35.0 Å². The SMILES string of the molecule is CCCNC(=O)Cn1nc2c(c1NC(=O)c1cccc([N+](=O)[O-])c1)CSC2. The molecule has 9 nitrogen and oxygen atoms in total. The summed E-state index contributed by atoms with van der Waals surface area (Å²) in [5, 5.41) is 20.9. The van der Waals surface area contributed by atoms with Gasteiger partial charge in [-0.25, -0.2) is 4.68 Å². The van der Waals surface area contributed by atoms with E-state index in [2.05, 4.69) is 15.7 Å². The number of nitro benzene ring substituents is 1.